The number of hydrogen-bond acceptors (Lipinski definition) is 4. The zero-order valence-electron chi connectivity index (χ0n) is 19.2. The standard InChI is InChI=1S/C25H25ClFN3O4S/c1-18(25(32)28-2)29(16-19-9-5-3-6-10-19)24(31)17-30(20-13-14-23(27)22(26)15-20)35(33,34)21-11-7-4-8-12-21/h3-15,18H,16-17H2,1-2H3,(H,28,32)/t18-/m1/s1. The van der Waals surface area contributed by atoms with E-state index in [1.165, 1.54) is 30.1 Å². The van der Waals surface area contributed by atoms with Gasteiger partial charge in [0.15, 0.2) is 0 Å². The number of nitrogens with zero attached hydrogens (tertiary/aromatic N) is 2. The summed E-state index contributed by atoms with van der Waals surface area (Å²) in [7, 11) is -2.78. The highest BCUT2D eigenvalue weighted by Crippen LogP contribution is 2.28. The molecule has 0 aromatic heterocycles. The average Bonchev–Trinajstić information content (AvgIpc) is 2.87. The van der Waals surface area contributed by atoms with Crippen molar-refractivity contribution in [2.45, 2.75) is 24.4 Å². The van der Waals surface area contributed by atoms with E-state index in [1.807, 2.05) is 6.07 Å². The number of rotatable bonds is 9. The van der Waals surface area contributed by atoms with Crippen molar-refractivity contribution in [3.8, 4) is 0 Å². The lowest BCUT2D eigenvalue weighted by Crippen LogP contribution is -2.50. The maximum atomic E-state index is 13.8. The molecule has 1 N–H and O–H groups in total. The van der Waals surface area contributed by atoms with E-state index in [0.29, 0.717) is 0 Å². The Kier molecular flexibility index (Phi) is 8.48. The molecule has 2 amide bonds. The summed E-state index contributed by atoms with van der Waals surface area (Å²) in [4.78, 5) is 27.2. The molecule has 3 aromatic rings. The first-order valence-corrected chi connectivity index (χ1v) is 12.5. The van der Waals surface area contributed by atoms with Crippen LogP contribution in [0.4, 0.5) is 10.1 Å². The van der Waals surface area contributed by atoms with E-state index in [4.69, 9.17) is 11.6 Å². The number of carbonyl (C=O) groups is 2. The van der Waals surface area contributed by atoms with E-state index >= 15 is 0 Å². The number of benzene rings is 3. The number of hydrogen-bond donors (Lipinski definition) is 1. The normalized spacial score (nSPS) is 12.0. The lowest BCUT2D eigenvalue weighted by atomic mass is 10.1. The summed E-state index contributed by atoms with van der Waals surface area (Å²) >= 11 is 5.93. The van der Waals surface area contributed by atoms with Crippen LogP contribution >= 0.6 is 11.6 Å². The third-order valence-corrected chi connectivity index (χ3v) is 7.49. The van der Waals surface area contributed by atoms with Crippen molar-refractivity contribution in [1.82, 2.24) is 10.2 Å². The third-order valence-electron chi connectivity index (χ3n) is 5.41. The van der Waals surface area contributed by atoms with Crippen LogP contribution in [-0.2, 0) is 26.2 Å². The van der Waals surface area contributed by atoms with Gasteiger partial charge in [0.05, 0.1) is 15.6 Å². The number of sulfonamides is 1. The highest BCUT2D eigenvalue weighted by molar-refractivity contribution is 7.92. The van der Waals surface area contributed by atoms with Crippen LogP contribution in [0.25, 0.3) is 0 Å². The summed E-state index contributed by atoms with van der Waals surface area (Å²) in [5.74, 6) is -1.75. The molecule has 0 radical (unpaired) electrons. The van der Waals surface area contributed by atoms with Gasteiger partial charge >= 0.3 is 0 Å². The van der Waals surface area contributed by atoms with Crippen molar-refractivity contribution in [1.29, 1.82) is 0 Å². The highest BCUT2D eigenvalue weighted by Gasteiger charge is 2.32. The van der Waals surface area contributed by atoms with Gasteiger partial charge in [0, 0.05) is 13.6 Å². The fourth-order valence-corrected chi connectivity index (χ4v) is 5.06. The van der Waals surface area contributed by atoms with Gasteiger partial charge in [-0.25, -0.2) is 12.8 Å². The minimum absolute atomic E-state index is 0.0147. The van der Waals surface area contributed by atoms with Crippen LogP contribution in [0, 0.1) is 5.82 Å². The predicted molar refractivity (Wildman–Crippen MR) is 133 cm³/mol. The van der Waals surface area contributed by atoms with Gasteiger partial charge in [-0.15, -0.1) is 0 Å². The summed E-state index contributed by atoms with van der Waals surface area (Å²) in [5.41, 5.74) is 0.778. The van der Waals surface area contributed by atoms with Crippen molar-refractivity contribution < 1.29 is 22.4 Å². The monoisotopic (exact) mass is 517 g/mol. The molecule has 0 unspecified atom stereocenters. The second kappa shape index (κ2) is 11.3. The molecule has 184 valence electrons. The second-order valence-corrected chi connectivity index (χ2v) is 9.99. The van der Waals surface area contributed by atoms with Crippen molar-refractivity contribution >= 4 is 39.1 Å². The topological polar surface area (TPSA) is 86.8 Å². The lowest BCUT2D eigenvalue weighted by Gasteiger charge is -2.31. The summed E-state index contributed by atoms with van der Waals surface area (Å²) in [6.07, 6.45) is 0. The van der Waals surface area contributed by atoms with E-state index in [1.54, 1.807) is 49.4 Å². The van der Waals surface area contributed by atoms with Crippen LogP contribution in [0.5, 0.6) is 0 Å². The molecule has 35 heavy (non-hydrogen) atoms. The SMILES string of the molecule is CNC(=O)[C@@H](C)N(Cc1ccccc1)C(=O)CN(c1ccc(F)c(Cl)c1)S(=O)(=O)c1ccccc1. The Labute approximate surface area is 209 Å². The second-order valence-electron chi connectivity index (χ2n) is 7.72. The molecule has 7 nitrogen and oxygen atoms in total. The van der Waals surface area contributed by atoms with Crippen molar-refractivity contribution in [2.24, 2.45) is 0 Å². The Morgan fingerprint density at radius 1 is 1.00 bits per heavy atom. The smallest absolute Gasteiger partial charge is 0.264 e. The molecule has 0 bridgehead atoms. The number of anilines is 1. The van der Waals surface area contributed by atoms with Gasteiger partial charge in [-0.05, 0) is 42.8 Å². The van der Waals surface area contributed by atoms with Crippen molar-refractivity contribution in [2.75, 3.05) is 17.9 Å². The van der Waals surface area contributed by atoms with Gasteiger partial charge in [0.1, 0.15) is 18.4 Å². The van der Waals surface area contributed by atoms with E-state index in [9.17, 15) is 22.4 Å². The Bertz CT molecular complexity index is 1290. The van der Waals surface area contributed by atoms with E-state index < -0.39 is 40.2 Å². The minimum Gasteiger partial charge on any atom is -0.357 e. The van der Waals surface area contributed by atoms with Crippen LogP contribution < -0.4 is 9.62 Å². The molecule has 10 heteroatoms. The molecule has 0 heterocycles. The molecule has 0 aliphatic carbocycles. The highest BCUT2D eigenvalue weighted by atomic mass is 35.5. The van der Waals surface area contributed by atoms with Gasteiger partial charge in [-0.1, -0.05) is 60.1 Å². The largest absolute Gasteiger partial charge is 0.357 e. The molecule has 0 saturated carbocycles. The van der Waals surface area contributed by atoms with Crippen molar-refractivity contribution in [3.63, 3.8) is 0 Å². The zero-order valence-corrected chi connectivity index (χ0v) is 20.8. The third kappa shape index (κ3) is 6.17. The summed E-state index contributed by atoms with van der Waals surface area (Å²) in [5, 5.41) is 2.23. The quantitative estimate of drug-likeness (QED) is 0.467. The van der Waals surface area contributed by atoms with Crippen LogP contribution in [0.3, 0.4) is 0 Å². The molecular formula is C25H25ClFN3O4S. The van der Waals surface area contributed by atoms with Gasteiger partial charge in [0.25, 0.3) is 10.0 Å². The van der Waals surface area contributed by atoms with Crippen LogP contribution in [0.2, 0.25) is 5.02 Å². The Hall–Kier alpha value is -3.43. The number of nitrogens with one attached hydrogen (secondary N) is 1. The molecule has 3 rings (SSSR count). The van der Waals surface area contributed by atoms with Gasteiger partial charge in [-0.2, -0.15) is 0 Å². The number of amides is 2. The Balaban J connectivity index is 2.04. The molecular weight excluding hydrogens is 493 g/mol. The number of likely N-dealkylation sites (N-methyl/N-ethyl adjacent to an activating group) is 1. The van der Waals surface area contributed by atoms with Crippen LogP contribution in [0.15, 0.2) is 83.8 Å². The van der Waals surface area contributed by atoms with E-state index in [0.717, 1.165) is 22.0 Å². The first kappa shape index (κ1) is 26.2. The van der Waals surface area contributed by atoms with Crippen molar-refractivity contribution in [3.05, 3.63) is 95.3 Å². The van der Waals surface area contributed by atoms with Gasteiger partial charge < -0.3 is 10.2 Å². The molecule has 1 atom stereocenters. The number of halogens is 2. The predicted octanol–water partition coefficient (Wildman–Crippen LogP) is 3.84. The van der Waals surface area contributed by atoms with Crippen LogP contribution in [-0.4, -0.2) is 44.8 Å². The molecule has 0 spiro atoms. The summed E-state index contributed by atoms with van der Waals surface area (Å²) < 4.78 is 41.8. The van der Waals surface area contributed by atoms with Gasteiger partial charge in [-0.3, -0.25) is 13.9 Å². The lowest BCUT2D eigenvalue weighted by molar-refractivity contribution is -0.139. The first-order valence-electron chi connectivity index (χ1n) is 10.7. The molecule has 0 fully saturated rings. The molecule has 0 aliphatic rings. The zero-order chi connectivity index (χ0) is 25.6. The maximum absolute atomic E-state index is 13.8. The molecule has 0 aliphatic heterocycles. The fraction of sp³-hybridized carbons (Fsp3) is 0.200. The first-order chi connectivity index (χ1) is 16.6. The summed E-state index contributed by atoms with van der Waals surface area (Å²) in [6.45, 7) is 1.01. The minimum atomic E-state index is -4.23. The fourth-order valence-electron chi connectivity index (χ4n) is 3.46. The Morgan fingerprint density at radius 2 is 1.60 bits per heavy atom. The maximum Gasteiger partial charge on any atom is 0.264 e. The summed E-state index contributed by atoms with van der Waals surface area (Å²) in [6, 6.07) is 19.1. The Morgan fingerprint density at radius 3 is 2.17 bits per heavy atom. The molecule has 0 saturated heterocycles. The van der Waals surface area contributed by atoms with Gasteiger partial charge in [0.2, 0.25) is 11.8 Å². The molecule has 3 aromatic carbocycles. The van der Waals surface area contributed by atoms with E-state index in [2.05, 4.69) is 5.32 Å². The van der Waals surface area contributed by atoms with Crippen LogP contribution in [0.1, 0.15) is 12.5 Å². The van der Waals surface area contributed by atoms with E-state index in [-0.39, 0.29) is 22.2 Å². The average molecular weight is 518 g/mol. The number of carbonyl (C=O) groups excluding carboxylic acids is 2.